The minimum atomic E-state index is 0.536. The SMILES string of the molecule is CCC1CCN(c2nc3ccccn3c2CN)CC1. The average Bonchev–Trinajstić information content (AvgIpc) is 2.85. The van der Waals surface area contributed by atoms with E-state index in [9.17, 15) is 0 Å². The van der Waals surface area contributed by atoms with Crippen molar-refractivity contribution in [2.45, 2.75) is 32.7 Å². The number of nitrogens with zero attached hydrogens (tertiary/aromatic N) is 3. The van der Waals surface area contributed by atoms with Gasteiger partial charge in [0.2, 0.25) is 0 Å². The van der Waals surface area contributed by atoms with Crippen molar-refractivity contribution in [1.82, 2.24) is 9.38 Å². The van der Waals surface area contributed by atoms with Crippen LogP contribution >= 0.6 is 0 Å². The van der Waals surface area contributed by atoms with Crippen LogP contribution in [-0.2, 0) is 6.54 Å². The molecule has 0 atom stereocenters. The number of piperidine rings is 1. The maximum absolute atomic E-state index is 5.93. The van der Waals surface area contributed by atoms with Gasteiger partial charge in [0.15, 0.2) is 5.82 Å². The van der Waals surface area contributed by atoms with Gasteiger partial charge < -0.3 is 15.0 Å². The molecule has 3 rings (SSSR count). The molecule has 3 heterocycles. The standard InChI is InChI=1S/C15H22N4/c1-2-12-6-9-18(10-7-12)15-13(11-16)19-8-4-3-5-14(19)17-15/h3-5,8,12H,2,6-7,9-11,16H2,1H3. The smallest absolute Gasteiger partial charge is 0.152 e. The van der Waals surface area contributed by atoms with E-state index in [1.54, 1.807) is 0 Å². The van der Waals surface area contributed by atoms with Gasteiger partial charge in [-0.3, -0.25) is 0 Å². The number of hydrogen-bond donors (Lipinski definition) is 1. The molecule has 2 aromatic rings. The van der Waals surface area contributed by atoms with E-state index in [1.807, 2.05) is 24.4 Å². The van der Waals surface area contributed by atoms with E-state index in [0.717, 1.165) is 36.2 Å². The minimum absolute atomic E-state index is 0.536. The van der Waals surface area contributed by atoms with Crippen molar-refractivity contribution in [3.63, 3.8) is 0 Å². The van der Waals surface area contributed by atoms with Crippen LogP contribution in [0, 0.1) is 5.92 Å². The molecule has 0 spiro atoms. The van der Waals surface area contributed by atoms with E-state index in [0.29, 0.717) is 6.54 Å². The van der Waals surface area contributed by atoms with Gasteiger partial charge in [0.1, 0.15) is 5.65 Å². The van der Waals surface area contributed by atoms with Gasteiger partial charge in [0.25, 0.3) is 0 Å². The van der Waals surface area contributed by atoms with Crippen LogP contribution in [0.25, 0.3) is 5.65 Å². The molecule has 2 N–H and O–H groups in total. The predicted octanol–water partition coefficient (Wildman–Crippen LogP) is 2.42. The van der Waals surface area contributed by atoms with E-state index < -0.39 is 0 Å². The Morgan fingerprint density at radius 2 is 2.11 bits per heavy atom. The van der Waals surface area contributed by atoms with Crippen LogP contribution in [0.5, 0.6) is 0 Å². The summed E-state index contributed by atoms with van der Waals surface area (Å²) in [5.41, 5.74) is 8.06. The number of hydrogen-bond acceptors (Lipinski definition) is 3. The van der Waals surface area contributed by atoms with Crippen molar-refractivity contribution in [3.8, 4) is 0 Å². The quantitative estimate of drug-likeness (QED) is 0.919. The van der Waals surface area contributed by atoms with E-state index in [1.165, 1.54) is 19.3 Å². The molecule has 1 aliphatic rings. The average molecular weight is 258 g/mol. The first-order valence-electron chi connectivity index (χ1n) is 7.24. The summed E-state index contributed by atoms with van der Waals surface area (Å²) in [6, 6.07) is 6.10. The van der Waals surface area contributed by atoms with Crippen molar-refractivity contribution in [2.24, 2.45) is 11.7 Å². The van der Waals surface area contributed by atoms with E-state index >= 15 is 0 Å². The summed E-state index contributed by atoms with van der Waals surface area (Å²) in [4.78, 5) is 7.17. The number of anilines is 1. The topological polar surface area (TPSA) is 46.6 Å². The third kappa shape index (κ3) is 2.21. The normalized spacial score (nSPS) is 17.3. The number of nitrogens with two attached hydrogens (primary N) is 1. The molecule has 0 saturated carbocycles. The molecule has 0 bridgehead atoms. The van der Waals surface area contributed by atoms with Crippen molar-refractivity contribution in [1.29, 1.82) is 0 Å². The second-order valence-electron chi connectivity index (χ2n) is 5.35. The monoisotopic (exact) mass is 258 g/mol. The van der Waals surface area contributed by atoms with Crippen LogP contribution in [0.2, 0.25) is 0 Å². The van der Waals surface area contributed by atoms with Crippen molar-refractivity contribution in [2.75, 3.05) is 18.0 Å². The number of aromatic nitrogens is 2. The Hall–Kier alpha value is -1.55. The maximum Gasteiger partial charge on any atom is 0.152 e. The number of fused-ring (bicyclic) bond motifs is 1. The molecule has 1 saturated heterocycles. The van der Waals surface area contributed by atoms with Crippen LogP contribution in [-0.4, -0.2) is 22.5 Å². The third-order valence-corrected chi connectivity index (χ3v) is 4.29. The molecule has 0 aromatic carbocycles. The zero-order valence-corrected chi connectivity index (χ0v) is 11.5. The third-order valence-electron chi connectivity index (χ3n) is 4.29. The molecule has 1 fully saturated rings. The summed E-state index contributed by atoms with van der Waals surface area (Å²) < 4.78 is 2.11. The van der Waals surface area contributed by atoms with Crippen LogP contribution < -0.4 is 10.6 Å². The van der Waals surface area contributed by atoms with Gasteiger partial charge in [-0.15, -0.1) is 0 Å². The summed E-state index contributed by atoms with van der Waals surface area (Å²) in [6.07, 6.45) is 5.89. The minimum Gasteiger partial charge on any atom is -0.355 e. The number of pyridine rings is 1. The van der Waals surface area contributed by atoms with E-state index in [2.05, 4.69) is 16.2 Å². The van der Waals surface area contributed by atoms with Gasteiger partial charge in [0.05, 0.1) is 5.69 Å². The Morgan fingerprint density at radius 3 is 2.79 bits per heavy atom. The predicted molar refractivity (Wildman–Crippen MR) is 78.3 cm³/mol. The molecule has 4 heteroatoms. The second kappa shape index (κ2) is 5.21. The van der Waals surface area contributed by atoms with Crippen LogP contribution in [0.15, 0.2) is 24.4 Å². The highest BCUT2D eigenvalue weighted by molar-refractivity contribution is 5.56. The summed E-state index contributed by atoms with van der Waals surface area (Å²) in [6.45, 7) is 5.04. The van der Waals surface area contributed by atoms with E-state index in [4.69, 9.17) is 10.7 Å². The molecule has 1 aliphatic heterocycles. The zero-order valence-electron chi connectivity index (χ0n) is 11.5. The Bertz CT molecular complexity index is 552. The molecular formula is C15H22N4. The van der Waals surface area contributed by atoms with Crippen molar-refractivity contribution >= 4 is 11.5 Å². The largest absolute Gasteiger partial charge is 0.355 e. The van der Waals surface area contributed by atoms with Gasteiger partial charge in [0, 0.05) is 25.8 Å². The highest BCUT2D eigenvalue weighted by atomic mass is 15.2. The van der Waals surface area contributed by atoms with Crippen molar-refractivity contribution < 1.29 is 0 Å². The Kier molecular flexibility index (Phi) is 3.42. The highest BCUT2D eigenvalue weighted by Gasteiger charge is 2.22. The van der Waals surface area contributed by atoms with Gasteiger partial charge in [-0.1, -0.05) is 19.4 Å². The maximum atomic E-state index is 5.93. The van der Waals surface area contributed by atoms with E-state index in [-0.39, 0.29) is 0 Å². The Balaban J connectivity index is 1.92. The summed E-state index contributed by atoms with van der Waals surface area (Å²) in [5, 5.41) is 0. The van der Waals surface area contributed by atoms with Gasteiger partial charge >= 0.3 is 0 Å². The van der Waals surface area contributed by atoms with Gasteiger partial charge in [-0.05, 0) is 30.9 Å². The van der Waals surface area contributed by atoms with Gasteiger partial charge in [-0.2, -0.15) is 0 Å². The molecule has 19 heavy (non-hydrogen) atoms. The van der Waals surface area contributed by atoms with Crippen LogP contribution in [0.3, 0.4) is 0 Å². The zero-order chi connectivity index (χ0) is 13.2. The highest BCUT2D eigenvalue weighted by Crippen LogP contribution is 2.27. The molecule has 0 radical (unpaired) electrons. The van der Waals surface area contributed by atoms with Gasteiger partial charge in [-0.25, -0.2) is 4.98 Å². The first-order chi connectivity index (χ1) is 9.33. The lowest BCUT2D eigenvalue weighted by molar-refractivity contribution is 0.393. The molecular weight excluding hydrogens is 236 g/mol. The number of imidazole rings is 1. The fourth-order valence-electron chi connectivity index (χ4n) is 3.03. The molecule has 4 nitrogen and oxygen atoms in total. The fraction of sp³-hybridized carbons (Fsp3) is 0.533. The molecule has 0 aliphatic carbocycles. The summed E-state index contributed by atoms with van der Waals surface area (Å²) >= 11 is 0. The molecule has 0 unspecified atom stereocenters. The summed E-state index contributed by atoms with van der Waals surface area (Å²) in [7, 11) is 0. The van der Waals surface area contributed by atoms with Crippen LogP contribution in [0.1, 0.15) is 31.9 Å². The Morgan fingerprint density at radius 1 is 1.32 bits per heavy atom. The second-order valence-corrected chi connectivity index (χ2v) is 5.35. The fourth-order valence-corrected chi connectivity index (χ4v) is 3.03. The molecule has 0 amide bonds. The first kappa shape index (κ1) is 12.5. The number of rotatable bonds is 3. The Labute approximate surface area is 114 Å². The first-order valence-corrected chi connectivity index (χ1v) is 7.24. The van der Waals surface area contributed by atoms with Crippen molar-refractivity contribution in [3.05, 3.63) is 30.1 Å². The molecule has 2 aromatic heterocycles. The lowest BCUT2D eigenvalue weighted by Gasteiger charge is -2.32. The lowest BCUT2D eigenvalue weighted by Crippen LogP contribution is -2.34. The summed E-state index contributed by atoms with van der Waals surface area (Å²) in [5.74, 6) is 1.97. The molecule has 102 valence electrons. The van der Waals surface area contributed by atoms with Crippen LogP contribution in [0.4, 0.5) is 5.82 Å². The lowest BCUT2D eigenvalue weighted by atomic mass is 9.94.